The Kier molecular flexibility index (Phi) is 6.09. The minimum atomic E-state index is -0.0196. The molecule has 0 spiro atoms. The molecule has 1 N–H and O–H groups in total. The number of hydrogen-bond acceptors (Lipinski definition) is 6. The normalized spacial score (nSPS) is 18.0. The lowest BCUT2D eigenvalue weighted by molar-refractivity contribution is 0.194. The highest BCUT2D eigenvalue weighted by molar-refractivity contribution is 5.74. The average Bonchev–Trinajstić information content (AvgIpc) is 2.79. The lowest BCUT2D eigenvalue weighted by Gasteiger charge is -2.35. The number of aromatic nitrogens is 2. The summed E-state index contributed by atoms with van der Waals surface area (Å²) < 4.78 is 0. The predicted octanol–water partition coefficient (Wildman–Crippen LogP) is 1.26. The minimum Gasteiger partial charge on any atom is -0.354 e. The van der Waals surface area contributed by atoms with Crippen molar-refractivity contribution in [3.05, 3.63) is 48.3 Å². The Hall–Kier alpha value is -2.87. The number of carbonyl (C=O) groups excluding carboxylic acids is 1. The number of likely N-dealkylation sites (N-methyl/N-ethyl adjacent to an activating group) is 1. The van der Waals surface area contributed by atoms with Crippen LogP contribution in [0.25, 0.3) is 0 Å². The first-order chi connectivity index (χ1) is 14.2. The predicted molar refractivity (Wildman–Crippen MR) is 114 cm³/mol. The van der Waals surface area contributed by atoms with Crippen molar-refractivity contribution in [3.8, 4) is 0 Å². The van der Waals surface area contributed by atoms with E-state index in [1.807, 2.05) is 29.3 Å². The van der Waals surface area contributed by atoms with Crippen LogP contribution < -0.4 is 15.1 Å². The van der Waals surface area contributed by atoms with Crippen LogP contribution in [0.3, 0.4) is 0 Å². The molecule has 0 saturated carbocycles. The van der Waals surface area contributed by atoms with Gasteiger partial charge in [-0.05, 0) is 30.8 Å². The zero-order chi connectivity index (χ0) is 20.1. The molecular formula is C21H29N7O. The van der Waals surface area contributed by atoms with Crippen molar-refractivity contribution < 1.29 is 4.79 Å². The molecule has 4 rings (SSSR count). The summed E-state index contributed by atoms with van der Waals surface area (Å²) in [5.74, 6) is 1.98. The van der Waals surface area contributed by atoms with E-state index in [9.17, 15) is 4.79 Å². The summed E-state index contributed by atoms with van der Waals surface area (Å²) >= 11 is 0. The summed E-state index contributed by atoms with van der Waals surface area (Å²) in [6, 6.07) is 10.0. The maximum absolute atomic E-state index is 12.5. The Balaban J connectivity index is 1.23. The van der Waals surface area contributed by atoms with E-state index in [4.69, 9.17) is 0 Å². The summed E-state index contributed by atoms with van der Waals surface area (Å²) in [7, 11) is 2.15. The van der Waals surface area contributed by atoms with Crippen molar-refractivity contribution in [1.82, 2.24) is 25.1 Å². The second-order valence-electron chi connectivity index (χ2n) is 7.64. The lowest BCUT2D eigenvalue weighted by Crippen LogP contribution is -2.51. The van der Waals surface area contributed by atoms with Gasteiger partial charge in [0, 0.05) is 71.3 Å². The molecule has 0 aliphatic carbocycles. The Morgan fingerprint density at radius 2 is 1.59 bits per heavy atom. The third-order valence-corrected chi connectivity index (χ3v) is 5.62. The summed E-state index contributed by atoms with van der Waals surface area (Å²) in [6.07, 6.45) is 3.67. The first-order valence-electron chi connectivity index (χ1n) is 10.3. The second-order valence-corrected chi connectivity index (χ2v) is 7.64. The highest BCUT2D eigenvalue weighted by Crippen LogP contribution is 2.14. The van der Waals surface area contributed by atoms with Gasteiger partial charge in [0.1, 0.15) is 11.6 Å². The Morgan fingerprint density at radius 3 is 2.21 bits per heavy atom. The second kappa shape index (κ2) is 9.09. The van der Waals surface area contributed by atoms with Crippen LogP contribution in [-0.4, -0.2) is 85.2 Å². The van der Waals surface area contributed by atoms with E-state index in [2.05, 4.69) is 49.2 Å². The monoisotopic (exact) mass is 395 g/mol. The maximum Gasteiger partial charge on any atom is 0.317 e. The largest absolute Gasteiger partial charge is 0.354 e. The Morgan fingerprint density at radius 1 is 0.897 bits per heavy atom. The first-order valence-corrected chi connectivity index (χ1v) is 10.3. The van der Waals surface area contributed by atoms with Gasteiger partial charge in [-0.3, -0.25) is 0 Å². The molecule has 0 aromatic carbocycles. The lowest BCUT2D eigenvalue weighted by atomic mass is 10.2. The molecule has 2 aliphatic heterocycles. The van der Waals surface area contributed by atoms with Gasteiger partial charge in [0.15, 0.2) is 0 Å². The van der Waals surface area contributed by atoms with E-state index in [0.717, 1.165) is 56.5 Å². The number of rotatable bonds is 4. The number of piperazine rings is 2. The van der Waals surface area contributed by atoms with Gasteiger partial charge < -0.3 is 24.9 Å². The highest BCUT2D eigenvalue weighted by Gasteiger charge is 2.21. The summed E-state index contributed by atoms with van der Waals surface area (Å²) in [4.78, 5) is 30.2. The Bertz CT molecular complexity index is 782. The van der Waals surface area contributed by atoms with Gasteiger partial charge in [-0.25, -0.2) is 14.8 Å². The molecule has 0 bridgehead atoms. The van der Waals surface area contributed by atoms with Gasteiger partial charge in [-0.15, -0.1) is 0 Å². The number of amides is 2. The van der Waals surface area contributed by atoms with Crippen molar-refractivity contribution in [2.75, 3.05) is 69.2 Å². The molecule has 2 aliphatic rings. The van der Waals surface area contributed by atoms with Crippen LogP contribution in [-0.2, 0) is 6.54 Å². The fourth-order valence-electron chi connectivity index (χ4n) is 3.71. The van der Waals surface area contributed by atoms with Crippen LogP contribution in [0.4, 0.5) is 16.4 Å². The number of carbonyl (C=O) groups is 1. The number of nitrogens with one attached hydrogen (secondary N) is 1. The van der Waals surface area contributed by atoms with Crippen LogP contribution in [0.2, 0.25) is 0 Å². The number of anilines is 2. The van der Waals surface area contributed by atoms with Gasteiger partial charge in [0.25, 0.3) is 0 Å². The first kappa shape index (κ1) is 19.4. The van der Waals surface area contributed by atoms with Crippen LogP contribution in [0, 0.1) is 0 Å². The van der Waals surface area contributed by atoms with Crippen LogP contribution in [0.5, 0.6) is 0 Å². The van der Waals surface area contributed by atoms with Crippen molar-refractivity contribution in [2.24, 2.45) is 0 Å². The molecule has 8 heteroatoms. The smallest absolute Gasteiger partial charge is 0.317 e. The zero-order valence-corrected chi connectivity index (χ0v) is 17.0. The molecule has 2 aromatic heterocycles. The van der Waals surface area contributed by atoms with Crippen LogP contribution in [0.1, 0.15) is 5.56 Å². The Labute approximate surface area is 172 Å². The standard InChI is InChI=1S/C21H29N7O/c1-25-8-10-26(11-9-25)20-6-5-18(16-23-20)17-24-21(29)28-14-12-27(13-15-28)19-4-2-3-7-22-19/h2-7,16H,8-15,17H2,1H3,(H,24,29). The van der Waals surface area contributed by atoms with E-state index in [1.54, 1.807) is 6.20 Å². The van der Waals surface area contributed by atoms with Gasteiger partial charge in [0.2, 0.25) is 0 Å². The number of urea groups is 1. The van der Waals surface area contributed by atoms with E-state index in [0.29, 0.717) is 19.6 Å². The topological polar surface area (TPSA) is 67.8 Å². The molecule has 4 heterocycles. The number of hydrogen-bond donors (Lipinski definition) is 1. The van der Waals surface area contributed by atoms with Gasteiger partial charge >= 0.3 is 6.03 Å². The summed E-state index contributed by atoms with van der Waals surface area (Å²) in [6.45, 7) is 7.62. The molecule has 29 heavy (non-hydrogen) atoms. The van der Waals surface area contributed by atoms with E-state index >= 15 is 0 Å². The molecule has 8 nitrogen and oxygen atoms in total. The van der Waals surface area contributed by atoms with Crippen molar-refractivity contribution in [1.29, 1.82) is 0 Å². The highest BCUT2D eigenvalue weighted by atomic mass is 16.2. The molecule has 2 fully saturated rings. The van der Waals surface area contributed by atoms with Crippen molar-refractivity contribution in [3.63, 3.8) is 0 Å². The molecule has 154 valence electrons. The van der Waals surface area contributed by atoms with Crippen LogP contribution in [0.15, 0.2) is 42.7 Å². The molecule has 2 aromatic rings. The third kappa shape index (κ3) is 4.95. The molecule has 0 unspecified atom stereocenters. The zero-order valence-electron chi connectivity index (χ0n) is 17.0. The van der Waals surface area contributed by atoms with E-state index in [1.165, 1.54) is 0 Å². The van der Waals surface area contributed by atoms with Crippen LogP contribution >= 0.6 is 0 Å². The van der Waals surface area contributed by atoms with E-state index < -0.39 is 0 Å². The SMILES string of the molecule is CN1CCN(c2ccc(CNC(=O)N3CCN(c4ccccn4)CC3)cn2)CC1. The molecule has 2 saturated heterocycles. The number of pyridine rings is 2. The summed E-state index contributed by atoms with van der Waals surface area (Å²) in [5, 5.41) is 3.02. The van der Waals surface area contributed by atoms with Gasteiger partial charge in [0.05, 0.1) is 0 Å². The van der Waals surface area contributed by atoms with E-state index in [-0.39, 0.29) is 6.03 Å². The maximum atomic E-state index is 12.5. The molecule has 2 amide bonds. The average molecular weight is 396 g/mol. The fraction of sp³-hybridized carbons (Fsp3) is 0.476. The van der Waals surface area contributed by atoms with Gasteiger partial charge in [-0.2, -0.15) is 0 Å². The molecular weight excluding hydrogens is 366 g/mol. The number of nitrogens with zero attached hydrogens (tertiary/aromatic N) is 6. The molecule has 0 atom stereocenters. The molecule has 0 radical (unpaired) electrons. The van der Waals surface area contributed by atoms with Crippen molar-refractivity contribution in [2.45, 2.75) is 6.54 Å². The quantitative estimate of drug-likeness (QED) is 0.841. The summed E-state index contributed by atoms with van der Waals surface area (Å²) in [5.41, 5.74) is 1.02. The van der Waals surface area contributed by atoms with Crippen molar-refractivity contribution >= 4 is 17.7 Å². The van der Waals surface area contributed by atoms with Gasteiger partial charge in [-0.1, -0.05) is 12.1 Å². The minimum absolute atomic E-state index is 0.0196. The fourth-order valence-corrected chi connectivity index (χ4v) is 3.71. The third-order valence-electron chi connectivity index (χ3n) is 5.62.